The van der Waals surface area contributed by atoms with Gasteiger partial charge in [0.25, 0.3) is 0 Å². The number of hydrogen-bond donors (Lipinski definition) is 3. The van der Waals surface area contributed by atoms with Crippen LogP contribution in [-0.4, -0.2) is 47.0 Å². The Balaban J connectivity index is 1.88. The number of nitrogens with one attached hydrogen (secondary N) is 3. The lowest BCUT2D eigenvalue weighted by Gasteiger charge is -2.35. The normalized spacial score (nSPS) is 17.6. The molecule has 0 fully saturated rings. The van der Waals surface area contributed by atoms with Crippen molar-refractivity contribution in [3.8, 4) is 17.2 Å². The van der Waals surface area contributed by atoms with E-state index < -0.39 is 0 Å². The molecule has 0 bridgehead atoms. The van der Waals surface area contributed by atoms with E-state index in [9.17, 15) is 4.79 Å². The second kappa shape index (κ2) is 10.2. The Hall–Kier alpha value is -2.93. The molecule has 1 aliphatic rings. The standard InChI is InChI=1S/C23H31N3O4/c1-5-24-23(27)25-14-20-19-13-22(30-4)21(29-3)12-17(19)10-11-26(20)15-16-6-8-18(28-2)9-7-16/h6-9,12-13,20H,5,10-11,14-15H2,1-4H3,(H2,24,25,27)/p+1/t20-/m0/s1. The van der Waals surface area contributed by atoms with Crippen molar-refractivity contribution in [3.05, 3.63) is 53.1 Å². The van der Waals surface area contributed by atoms with Crippen LogP contribution in [0.15, 0.2) is 36.4 Å². The number of urea groups is 1. The summed E-state index contributed by atoms with van der Waals surface area (Å²) in [5, 5.41) is 5.84. The highest BCUT2D eigenvalue weighted by Crippen LogP contribution is 2.34. The van der Waals surface area contributed by atoms with Gasteiger partial charge in [0.1, 0.15) is 18.3 Å². The van der Waals surface area contributed by atoms with Gasteiger partial charge in [0.15, 0.2) is 11.5 Å². The SMILES string of the molecule is CCNC(=O)NC[C@H]1c2cc(OC)c(OC)cc2CC[NH+]1Cc1ccc(OC)cc1. The molecule has 2 atom stereocenters. The predicted molar refractivity (Wildman–Crippen MR) is 116 cm³/mol. The van der Waals surface area contributed by atoms with Crippen molar-refractivity contribution in [2.24, 2.45) is 0 Å². The van der Waals surface area contributed by atoms with Gasteiger partial charge in [0.05, 0.1) is 34.4 Å². The number of carbonyl (C=O) groups excluding carboxylic acids is 1. The van der Waals surface area contributed by atoms with E-state index in [0.717, 1.165) is 31.0 Å². The summed E-state index contributed by atoms with van der Waals surface area (Å²) in [6.07, 6.45) is 0.943. The van der Waals surface area contributed by atoms with Gasteiger partial charge in [0, 0.05) is 24.1 Å². The Kier molecular flexibility index (Phi) is 7.41. The molecule has 0 aliphatic carbocycles. The van der Waals surface area contributed by atoms with Gasteiger partial charge in [-0.05, 0) is 48.9 Å². The fourth-order valence-corrected chi connectivity index (χ4v) is 4.06. The summed E-state index contributed by atoms with van der Waals surface area (Å²) < 4.78 is 16.3. The molecular weight excluding hydrogens is 382 g/mol. The third kappa shape index (κ3) is 4.97. The fourth-order valence-electron chi connectivity index (χ4n) is 4.06. The van der Waals surface area contributed by atoms with Crippen LogP contribution >= 0.6 is 0 Å². The van der Waals surface area contributed by atoms with Gasteiger partial charge in [-0.3, -0.25) is 0 Å². The van der Waals surface area contributed by atoms with E-state index in [1.807, 2.05) is 19.1 Å². The number of rotatable bonds is 8. The lowest BCUT2D eigenvalue weighted by atomic mass is 9.91. The summed E-state index contributed by atoms with van der Waals surface area (Å²) in [6.45, 7) is 4.88. The van der Waals surface area contributed by atoms with Crippen LogP contribution in [0.3, 0.4) is 0 Å². The monoisotopic (exact) mass is 414 g/mol. The summed E-state index contributed by atoms with van der Waals surface area (Å²) in [5.41, 5.74) is 3.67. The lowest BCUT2D eigenvalue weighted by molar-refractivity contribution is -0.945. The molecule has 3 rings (SSSR count). The molecule has 1 heterocycles. The molecular formula is C23H32N3O4+. The first-order chi connectivity index (χ1) is 14.6. The van der Waals surface area contributed by atoms with Gasteiger partial charge in [-0.15, -0.1) is 0 Å². The molecule has 7 heteroatoms. The molecule has 162 valence electrons. The predicted octanol–water partition coefficient (Wildman–Crippen LogP) is 1.71. The highest BCUT2D eigenvalue weighted by atomic mass is 16.5. The number of ether oxygens (including phenoxy) is 3. The van der Waals surface area contributed by atoms with Crippen molar-refractivity contribution in [2.45, 2.75) is 25.9 Å². The molecule has 2 aromatic carbocycles. The van der Waals surface area contributed by atoms with Crippen molar-refractivity contribution in [1.82, 2.24) is 10.6 Å². The number of fused-ring (bicyclic) bond motifs is 1. The smallest absolute Gasteiger partial charge is 0.315 e. The molecule has 1 unspecified atom stereocenters. The maximum Gasteiger partial charge on any atom is 0.315 e. The van der Waals surface area contributed by atoms with Crippen LogP contribution in [0.4, 0.5) is 4.79 Å². The van der Waals surface area contributed by atoms with Crippen LogP contribution in [0.5, 0.6) is 17.2 Å². The van der Waals surface area contributed by atoms with Crippen molar-refractivity contribution >= 4 is 6.03 Å². The minimum absolute atomic E-state index is 0.110. The van der Waals surface area contributed by atoms with E-state index in [1.54, 1.807) is 21.3 Å². The van der Waals surface area contributed by atoms with Crippen LogP contribution in [0.1, 0.15) is 29.7 Å². The highest BCUT2D eigenvalue weighted by molar-refractivity contribution is 5.73. The van der Waals surface area contributed by atoms with Gasteiger partial charge in [-0.25, -0.2) is 4.79 Å². The molecule has 1 aliphatic heterocycles. The summed E-state index contributed by atoms with van der Waals surface area (Å²) in [4.78, 5) is 13.5. The number of methoxy groups -OCH3 is 3. The summed E-state index contributed by atoms with van der Waals surface area (Å²) in [6, 6.07) is 12.3. The Labute approximate surface area is 178 Å². The first-order valence-corrected chi connectivity index (χ1v) is 10.3. The number of quaternary nitrogens is 1. The zero-order chi connectivity index (χ0) is 21.5. The van der Waals surface area contributed by atoms with Gasteiger partial charge in [0.2, 0.25) is 0 Å². The third-order valence-electron chi connectivity index (χ3n) is 5.62. The van der Waals surface area contributed by atoms with Gasteiger partial charge < -0.3 is 29.7 Å². The van der Waals surface area contributed by atoms with Crippen molar-refractivity contribution < 1.29 is 23.9 Å². The van der Waals surface area contributed by atoms with E-state index >= 15 is 0 Å². The quantitative estimate of drug-likeness (QED) is 0.615. The van der Waals surface area contributed by atoms with E-state index in [2.05, 4.69) is 34.9 Å². The van der Waals surface area contributed by atoms with Crippen molar-refractivity contribution in [3.63, 3.8) is 0 Å². The maximum atomic E-state index is 12.1. The summed E-state index contributed by atoms with van der Waals surface area (Å²) in [5.74, 6) is 2.30. The third-order valence-corrected chi connectivity index (χ3v) is 5.62. The average molecular weight is 415 g/mol. The van der Waals surface area contributed by atoms with Crippen LogP contribution in [0.25, 0.3) is 0 Å². The zero-order valence-electron chi connectivity index (χ0n) is 18.2. The van der Waals surface area contributed by atoms with Crippen LogP contribution in [0.2, 0.25) is 0 Å². The van der Waals surface area contributed by atoms with Crippen LogP contribution in [0, 0.1) is 0 Å². The lowest BCUT2D eigenvalue weighted by Crippen LogP contribution is -3.12. The summed E-state index contributed by atoms with van der Waals surface area (Å²) >= 11 is 0. The van der Waals surface area contributed by atoms with Gasteiger partial charge in [-0.1, -0.05) is 0 Å². The van der Waals surface area contributed by atoms with E-state index in [0.29, 0.717) is 18.8 Å². The van der Waals surface area contributed by atoms with Gasteiger partial charge >= 0.3 is 6.03 Å². The minimum Gasteiger partial charge on any atom is -0.497 e. The first-order valence-electron chi connectivity index (χ1n) is 10.3. The maximum absolute atomic E-state index is 12.1. The molecule has 2 aromatic rings. The van der Waals surface area contributed by atoms with Crippen molar-refractivity contribution in [1.29, 1.82) is 0 Å². The fraction of sp³-hybridized carbons (Fsp3) is 0.435. The molecule has 0 saturated carbocycles. The molecule has 0 spiro atoms. The topological polar surface area (TPSA) is 73.3 Å². The largest absolute Gasteiger partial charge is 0.497 e. The Bertz CT molecular complexity index is 854. The molecule has 2 amide bonds. The number of hydrogen-bond acceptors (Lipinski definition) is 4. The molecule has 0 aromatic heterocycles. The van der Waals surface area contributed by atoms with Crippen LogP contribution in [-0.2, 0) is 13.0 Å². The van der Waals surface area contributed by atoms with Crippen LogP contribution < -0.4 is 29.7 Å². The molecule has 0 radical (unpaired) electrons. The first kappa shape index (κ1) is 21.8. The Morgan fingerprint density at radius 1 is 1.03 bits per heavy atom. The number of benzene rings is 2. The highest BCUT2D eigenvalue weighted by Gasteiger charge is 2.33. The Morgan fingerprint density at radius 3 is 2.37 bits per heavy atom. The van der Waals surface area contributed by atoms with E-state index in [4.69, 9.17) is 14.2 Å². The average Bonchev–Trinajstić information content (AvgIpc) is 2.78. The van der Waals surface area contributed by atoms with Crippen molar-refractivity contribution in [2.75, 3.05) is 41.0 Å². The zero-order valence-corrected chi connectivity index (χ0v) is 18.2. The molecule has 0 saturated heterocycles. The number of amides is 2. The van der Waals surface area contributed by atoms with E-state index in [1.165, 1.54) is 21.6 Å². The summed E-state index contributed by atoms with van der Waals surface area (Å²) in [7, 11) is 4.98. The second-order valence-electron chi connectivity index (χ2n) is 7.38. The molecule has 7 nitrogen and oxygen atoms in total. The van der Waals surface area contributed by atoms with Gasteiger partial charge in [-0.2, -0.15) is 0 Å². The van der Waals surface area contributed by atoms with E-state index in [-0.39, 0.29) is 12.1 Å². The molecule has 30 heavy (non-hydrogen) atoms. The number of carbonyl (C=O) groups is 1. The molecule has 3 N–H and O–H groups in total. The Morgan fingerprint density at radius 2 is 1.73 bits per heavy atom. The minimum atomic E-state index is -0.145. The second-order valence-corrected chi connectivity index (χ2v) is 7.38.